The standard InChI is InChI=1S/C20H25N3O4S/c1-12(2)27-16-6-4-5-14(9-16)17-10-18(24)21-20-19(17)13(3)22-23(20)15-7-8-28(25,26)11-15/h4-6,9,12,15,17H,7-8,10-11H2,1-3H3,(H,21,24)/t15-,17-/m0/s1. The van der Waals surface area contributed by atoms with E-state index in [1.54, 1.807) is 4.68 Å². The molecule has 4 rings (SSSR count). The number of carbonyl (C=O) groups excluding carboxylic acids is 1. The molecule has 0 bridgehead atoms. The molecule has 7 nitrogen and oxygen atoms in total. The fraction of sp³-hybridized carbons (Fsp3) is 0.500. The number of carbonyl (C=O) groups is 1. The van der Waals surface area contributed by atoms with Gasteiger partial charge in [-0.05, 0) is 44.9 Å². The predicted molar refractivity (Wildman–Crippen MR) is 107 cm³/mol. The summed E-state index contributed by atoms with van der Waals surface area (Å²) in [4.78, 5) is 12.5. The van der Waals surface area contributed by atoms with Crippen molar-refractivity contribution in [1.82, 2.24) is 9.78 Å². The first-order valence-corrected chi connectivity index (χ1v) is 11.4. The lowest BCUT2D eigenvalue weighted by Crippen LogP contribution is -2.26. The molecule has 3 heterocycles. The Morgan fingerprint density at radius 1 is 1.32 bits per heavy atom. The molecular weight excluding hydrogens is 378 g/mol. The summed E-state index contributed by atoms with van der Waals surface area (Å²) < 4.78 is 31.4. The molecule has 0 spiro atoms. The molecule has 2 aromatic rings. The van der Waals surface area contributed by atoms with Crippen LogP contribution in [0.4, 0.5) is 5.82 Å². The lowest BCUT2D eigenvalue weighted by atomic mass is 9.85. The first-order chi connectivity index (χ1) is 13.2. The van der Waals surface area contributed by atoms with Gasteiger partial charge in [-0.1, -0.05) is 12.1 Å². The summed E-state index contributed by atoms with van der Waals surface area (Å²) in [7, 11) is -3.05. The van der Waals surface area contributed by atoms with E-state index in [1.165, 1.54) is 0 Å². The average molecular weight is 404 g/mol. The van der Waals surface area contributed by atoms with Crippen LogP contribution >= 0.6 is 0 Å². The zero-order valence-electron chi connectivity index (χ0n) is 16.3. The van der Waals surface area contributed by atoms with Crippen molar-refractivity contribution in [3.63, 3.8) is 0 Å². The van der Waals surface area contributed by atoms with E-state index in [9.17, 15) is 13.2 Å². The molecule has 1 aromatic heterocycles. The van der Waals surface area contributed by atoms with E-state index in [0.29, 0.717) is 18.7 Å². The summed E-state index contributed by atoms with van der Waals surface area (Å²) in [5.74, 6) is 1.42. The van der Waals surface area contributed by atoms with E-state index in [1.807, 2.05) is 45.0 Å². The number of nitrogens with zero attached hydrogens (tertiary/aromatic N) is 2. The minimum absolute atomic E-state index is 0.0641. The second kappa shape index (κ2) is 6.92. The molecule has 1 aromatic carbocycles. The minimum Gasteiger partial charge on any atom is -0.491 e. The minimum atomic E-state index is -3.05. The molecule has 8 heteroatoms. The van der Waals surface area contributed by atoms with Crippen LogP contribution in [-0.2, 0) is 14.6 Å². The number of hydrogen-bond acceptors (Lipinski definition) is 5. The van der Waals surface area contributed by atoms with Gasteiger partial charge in [0.25, 0.3) is 0 Å². The molecule has 2 aliphatic heterocycles. The smallest absolute Gasteiger partial charge is 0.226 e. The van der Waals surface area contributed by atoms with Gasteiger partial charge in [0.2, 0.25) is 5.91 Å². The zero-order valence-corrected chi connectivity index (χ0v) is 17.1. The number of benzene rings is 1. The van der Waals surface area contributed by atoms with Crippen LogP contribution < -0.4 is 10.1 Å². The summed E-state index contributed by atoms with van der Waals surface area (Å²) >= 11 is 0. The maximum Gasteiger partial charge on any atom is 0.226 e. The van der Waals surface area contributed by atoms with Crippen LogP contribution in [0.15, 0.2) is 24.3 Å². The lowest BCUT2D eigenvalue weighted by molar-refractivity contribution is -0.116. The molecule has 1 N–H and O–H groups in total. The molecule has 2 aliphatic rings. The van der Waals surface area contributed by atoms with Crippen molar-refractivity contribution in [2.24, 2.45) is 0 Å². The van der Waals surface area contributed by atoms with Gasteiger partial charge < -0.3 is 10.1 Å². The quantitative estimate of drug-likeness (QED) is 0.848. The van der Waals surface area contributed by atoms with Crippen LogP contribution in [0, 0.1) is 6.92 Å². The van der Waals surface area contributed by atoms with E-state index >= 15 is 0 Å². The number of ether oxygens (including phenoxy) is 1. The second-order valence-electron chi connectivity index (χ2n) is 7.89. The highest BCUT2D eigenvalue weighted by Crippen LogP contribution is 2.42. The van der Waals surface area contributed by atoms with Crippen LogP contribution in [0.1, 0.15) is 55.5 Å². The van der Waals surface area contributed by atoms with E-state index in [4.69, 9.17) is 4.74 Å². The van der Waals surface area contributed by atoms with Gasteiger partial charge in [-0.25, -0.2) is 13.1 Å². The highest BCUT2D eigenvalue weighted by molar-refractivity contribution is 7.91. The number of anilines is 1. The summed E-state index contributed by atoms with van der Waals surface area (Å²) in [6, 6.07) is 7.58. The van der Waals surface area contributed by atoms with Crippen molar-refractivity contribution in [3.05, 3.63) is 41.1 Å². The Balaban J connectivity index is 1.75. The van der Waals surface area contributed by atoms with Gasteiger partial charge in [0.15, 0.2) is 9.84 Å². The third-order valence-electron chi connectivity index (χ3n) is 5.31. The molecule has 1 saturated heterocycles. The van der Waals surface area contributed by atoms with Gasteiger partial charge in [-0.2, -0.15) is 5.10 Å². The van der Waals surface area contributed by atoms with Gasteiger partial charge in [-0.3, -0.25) is 4.79 Å². The fourth-order valence-electron chi connectivity index (χ4n) is 4.17. The van der Waals surface area contributed by atoms with E-state index in [-0.39, 0.29) is 35.5 Å². The lowest BCUT2D eigenvalue weighted by Gasteiger charge is -2.26. The van der Waals surface area contributed by atoms with Crippen molar-refractivity contribution in [2.45, 2.75) is 51.7 Å². The van der Waals surface area contributed by atoms with Crippen molar-refractivity contribution in [3.8, 4) is 5.75 Å². The van der Waals surface area contributed by atoms with E-state index < -0.39 is 9.84 Å². The van der Waals surface area contributed by atoms with Crippen LogP contribution in [0.5, 0.6) is 5.75 Å². The Morgan fingerprint density at radius 2 is 2.11 bits per heavy atom. The Morgan fingerprint density at radius 3 is 2.79 bits per heavy atom. The van der Waals surface area contributed by atoms with Crippen LogP contribution in [0.2, 0.25) is 0 Å². The number of aryl methyl sites for hydroxylation is 1. The van der Waals surface area contributed by atoms with Crippen LogP contribution in [0.25, 0.3) is 0 Å². The number of rotatable bonds is 4. The average Bonchev–Trinajstić information content (AvgIpc) is 3.13. The zero-order chi connectivity index (χ0) is 20.1. The Kier molecular flexibility index (Phi) is 4.69. The second-order valence-corrected chi connectivity index (χ2v) is 10.1. The van der Waals surface area contributed by atoms with E-state index in [0.717, 1.165) is 22.6 Å². The first kappa shape index (κ1) is 19.0. The maximum atomic E-state index is 12.5. The molecule has 1 fully saturated rings. The van der Waals surface area contributed by atoms with Crippen molar-refractivity contribution >= 4 is 21.6 Å². The number of fused-ring (bicyclic) bond motifs is 1. The van der Waals surface area contributed by atoms with Gasteiger partial charge in [0.1, 0.15) is 11.6 Å². The Bertz CT molecular complexity index is 1030. The molecule has 150 valence electrons. The highest BCUT2D eigenvalue weighted by Gasteiger charge is 2.37. The van der Waals surface area contributed by atoms with Crippen molar-refractivity contribution in [2.75, 3.05) is 16.8 Å². The third-order valence-corrected chi connectivity index (χ3v) is 7.06. The highest BCUT2D eigenvalue weighted by atomic mass is 32.2. The molecule has 28 heavy (non-hydrogen) atoms. The maximum absolute atomic E-state index is 12.5. The predicted octanol–water partition coefficient (Wildman–Crippen LogP) is 2.81. The summed E-state index contributed by atoms with van der Waals surface area (Å²) in [5, 5.41) is 7.56. The Hall–Kier alpha value is -2.35. The van der Waals surface area contributed by atoms with Gasteiger partial charge >= 0.3 is 0 Å². The molecule has 1 amide bonds. The molecular formula is C20H25N3O4S. The SMILES string of the molecule is Cc1nn([C@H]2CCS(=O)(=O)C2)c2c1[C@H](c1cccc(OC(C)C)c1)CC(=O)N2. The van der Waals surface area contributed by atoms with Gasteiger partial charge in [0.05, 0.1) is 29.3 Å². The number of amides is 1. The number of hydrogen-bond donors (Lipinski definition) is 1. The Labute approximate surface area is 165 Å². The van der Waals surface area contributed by atoms with Crippen molar-refractivity contribution < 1.29 is 17.9 Å². The van der Waals surface area contributed by atoms with Gasteiger partial charge in [-0.15, -0.1) is 0 Å². The number of aromatic nitrogens is 2. The number of nitrogens with one attached hydrogen (secondary N) is 1. The normalized spacial score (nSPS) is 23.5. The van der Waals surface area contributed by atoms with E-state index in [2.05, 4.69) is 10.4 Å². The summed E-state index contributed by atoms with van der Waals surface area (Å²) in [5.41, 5.74) is 2.78. The number of sulfone groups is 1. The fourth-order valence-corrected chi connectivity index (χ4v) is 5.86. The monoisotopic (exact) mass is 403 g/mol. The van der Waals surface area contributed by atoms with Crippen molar-refractivity contribution in [1.29, 1.82) is 0 Å². The largest absolute Gasteiger partial charge is 0.491 e. The molecule has 2 atom stereocenters. The summed E-state index contributed by atoms with van der Waals surface area (Å²) in [6.07, 6.45) is 0.913. The molecule has 0 radical (unpaired) electrons. The topological polar surface area (TPSA) is 90.3 Å². The third kappa shape index (κ3) is 3.53. The molecule has 0 aliphatic carbocycles. The van der Waals surface area contributed by atoms with Gasteiger partial charge in [0, 0.05) is 17.9 Å². The summed E-state index contributed by atoms with van der Waals surface area (Å²) in [6.45, 7) is 5.86. The van der Waals surface area contributed by atoms with Crippen LogP contribution in [0.3, 0.4) is 0 Å². The first-order valence-electron chi connectivity index (χ1n) is 9.59. The molecule has 0 unspecified atom stereocenters. The molecule has 0 saturated carbocycles. The van der Waals surface area contributed by atoms with Crippen LogP contribution in [-0.4, -0.2) is 41.7 Å².